The van der Waals surface area contributed by atoms with Gasteiger partial charge in [-0.1, -0.05) is 58.4 Å². The highest BCUT2D eigenvalue weighted by atomic mass is 79.9. The van der Waals surface area contributed by atoms with E-state index in [9.17, 15) is 0 Å². The van der Waals surface area contributed by atoms with Crippen molar-refractivity contribution in [1.82, 2.24) is 4.98 Å². The van der Waals surface area contributed by atoms with Gasteiger partial charge in [-0.2, -0.15) is 0 Å². The van der Waals surface area contributed by atoms with Crippen molar-refractivity contribution >= 4 is 26.8 Å². The third kappa shape index (κ3) is 3.01. The maximum atomic E-state index is 4.76. The lowest BCUT2D eigenvalue weighted by molar-refractivity contribution is 0.902. The summed E-state index contributed by atoms with van der Waals surface area (Å²) in [5.41, 5.74) is 6.24. The topological polar surface area (TPSA) is 12.9 Å². The molecule has 1 nitrogen and oxygen atoms in total. The monoisotopic (exact) mass is 339 g/mol. The first-order valence-electron chi connectivity index (χ1n) is 7.20. The zero-order valence-corrected chi connectivity index (χ0v) is 13.9. The normalized spacial score (nSPS) is 12.5. The van der Waals surface area contributed by atoms with Gasteiger partial charge in [0.15, 0.2) is 0 Å². The van der Waals surface area contributed by atoms with Gasteiger partial charge >= 0.3 is 0 Å². The van der Waals surface area contributed by atoms with E-state index >= 15 is 0 Å². The Morgan fingerprint density at radius 3 is 2.62 bits per heavy atom. The highest BCUT2D eigenvalue weighted by Gasteiger charge is 2.13. The molecule has 3 rings (SSSR count). The van der Waals surface area contributed by atoms with Crippen molar-refractivity contribution in [2.75, 3.05) is 0 Å². The molecule has 0 fully saturated rings. The quantitative estimate of drug-likeness (QED) is 0.571. The Labute approximate surface area is 134 Å². The molecule has 0 saturated heterocycles. The van der Waals surface area contributed by atoms with Gasteiger partial charge in [0.2, 0.25) is 0 Å². The number of hydrogen-bond acceptors (Lipinski definition) is 1. The summed E-state index contributed by atoms with van der Waals surface area (Å²) in [6.07, 6.45) is 0.898. The number of para-hydroxylation sites is 1. The van der Waals surface area contributed by atoms with Crippen LogP contribution >= 0.6 is 15.9 Å². The number of halogens is 1. The molecule has 2 aromatic carbocycles. The molecule has 21 heavy (non-hydrogen) atoms. The summed E-state index contributed by atoms with van der Waals surface area (Å²) in [5, 5.41) is 1.19. The minimum atomic E-state index is 0.297. The molecular weight excluding hydrogens is 322 g/mol. The van der Waals surface area contributed by atoms with E-state index < -0.39 is 0 Å². The molecule has 0 aliphatic heterocycles. The minimum absolute atomic E-state index is 0.297. The highest BCUT2D eigenvalue weighted by molar-refractivity contribution is 9.09. The number of rotatable bonds is 3. The number of alkyl halides is 1. The molecule has 1 heterocycles. The molecule has 1 atom stereocenters. The van der Waals surface area contributed by atoms with Gasteiger partial charge in [0.25, 0.3) is 0 Å². The molecule has 0 N–H and O–H groups in total. The number of benzene rings is 2. The summed E-state index contributed by atoms with van der Waals surface area (Å²) in [6.45, 7) is 4.35. The Morgan fingerprint density at radius 1 is 0.952 bits per heavy atom. The lowest BCUT2D eigenvalue weighted by Gasteiger charge is -2.14. The van der Waals surface area contributed by atoms with Gasteiger partial charge in [-0.3, -0.25) is 4.98 Å². The van der Waals surface area contributed by atoms with Gasteiger partial charge in [0, 0.05) is 22.3 Å². The van der Waals surface area contributed by atoms with Crippen LogP contribution < -0.4 is 0 Å². The van der Waals surface area contributed by atoms with Crippen molar-refractivity contribution in [3.8, 4) is 0 Å². The highest BCUT2D eigenvalue weighted by Crippen LogP contribution is 2.30. The lowest BCUT2D eigenvalue weighted by Crippen LogP contribution is -2.01. The summed E-state index contributed by atoms with van der Waals surface area (Å²) in [6, 6.07) is 19.0. The van der Waals surface area contributed by atoms with Crippen LogP contribution in [0.4, 0.5) is 0 Å². The molecule has 0 spiro atoms. The van der Waals surface area contributed by atoms with E-state index in [0.29, 0.717) is 4.83 Å². The standard InChI is InChI=1S/C19H18BrN/c1-13-6-5-8-17(14(13)2)18(20)12-16-11-10-15-7-3-4-9-19(15)21-16/h3-11,18H,12H2,1-2H3. The summed E-state index contributed by atoms with van der Waals surface area (Å²) in [7, 11) is 0. The molecule has 1 aromatic heterocycles. The van der Waals surface area contributed by atoms with Crippen LogP contribution in [0.2, 0.25) is 0 Å². The fourth-order valence-electron chi connectivity index (χ4n) is 2.63. The third-order valence-electron chi connectivity index (χ3n) is 4.03. The molecule has 1 unspecified atom stereocenters. The van der Waals surface area contributed by atoms with Crippen molar-refractivity contribution in [3.63, 3.8) is 0 Å². The van der Waals surface area contributed by atoms with Gasteiger partial charge in [-0.25, -0.2) is 0 Å². The maximum absolute atomic E-state index is 4.76. The number of aromatic nitrogens is 1. The van der Waals surface area contributed by atoms with Crippen LogP contribution in [0.3, 0.4) is 0 Å². The zero-order valence-electron chi connectivity index (χ0n) is 12.3. The van der Waals surface area contributed by atoms with Gasteiger partial charge in [0.1, 0.15) is 0 Å². The number of pyridine rings is 1. The van der Waals surface area contributed by atoms with Crippen molar-refractivity contribution < 1.29 is 0 Å². The predicted molar refractivity (Wildman–Crippen MR) is 93.0 cm³/mol. The number of fused-ring (bicyclic) bond motifs is 1. The summed E-state index contributed by atoms with van der Waals surface area (Å²) in [5.74, 6) is 0. The van der Waals surface area contributed by atoms with Crippen molar-refractivity contribution in [3.05, 3.63) is 77.0 Å². The van der Waals surface area contributed by atoms with E-state index in [2.05, 4.69) is 72.2 Å². The van der Waals surface area contributed by atoms with Crippen LogP contribution in [-0.4, -0.2) is 4.98 Å². The second kappa shape index (κ2) is 5.98. The summed E-state index contributed by atoms with van der Waals surface area (Å²) >= 11 is 3.83. The van der Waals surface area contributed by atoms with Crippen LogP contribution in [0.15, 0.2) is 54.6 Å². The molecule has 2 heteroatoms. The van der Waals surface area contributed by atoms with E-state index in [-0.39, 0.29) is 0 Å². The summed E-state index contributed by atoms with van der Waals surface area (Å²) in [4.78, 5) is 5.06. The molecule has 0 aliphatic rings. The SMILES string of the molecule is Cc1cccc(C(Br)Cc2ccc3ccccc3n2)c1C. The molecule has 0 amide bonds. The predicted octanol–water partition coefficient (Wildman–Crippen LogP) is 5.53. The van der Waals surface area contributed by atoms with E-state index in [4.69, 9.17) is 4.98 Å². The average Bonchev–Trinajstić information content (AvgIpc) is 2.50. The molecule has 0 aliphatic carbocycles. The van der Waals surface area contributed by atoms with Crippen LogP contribution in [-0.2, 0) is 6.42 Å². The number of nitrogens with zero attached hydrogens (tertiary/aromatic N) is 1. The molecular formula is C19H18BrN. The summed E-state index contributed by atoms with van der Waals surface area (Å²) < 4.78 is 0. The first-order valence-corrected chi connectivity index (χ1v) is 8.11. The Hall–Kier alpha value is -1.67. The second-order valence-electron chi connectivity index (χ2n) is 5.46. The Kier molecular flexibility index (Phi) is 4.07. The van der Waals surface area contributed by atoms with Crippen molar-refractivity contribution in [2.45, 2.75) is 25.1 Å². The van der Waals surface area contributed by atoms with Crippen LogP contribution in [0.1, 0.15) is 27.2 Å². The Bertz CT molecular complexity index is 779. The molecule has 106 valence electrons. The third-order valence-corrected chi connectivity index (χ3v) is 4.85. The molecule has 0 saturated carbocycles. The van der Waals surface area contributed by atoms with Gasteiger partial charge in [-0.15, -0.1) is 0 Å². The minimum Gasteiger partial charge on any atom is -0.253 e. The zero-order chi connectivity index (χ0) is 14.8. The van der Waals surface area contributed by atoms with Crippen LogP contribution in [0, 0.1) is 13.8 Å². The van der Waals surface area contributed by atoms with Gasteiger partial charge in [0.05, 0.1) is 5.52 Å². The average molecular weight is 340 g/mol. The first kappa shape index (κ1) is 14.3. The maximum Gasteiger partial charge on any atom is 0.0705 e. The largest absolute Gasteiger partial charge is 0.253 e. The van der Waals surface area contributed by atoms with Crippen LogP contribution in [0.5, 0.6) is 0 Å². The number of aryl methyl sites for hydroxylation is 1. The van der Waals surface area contributed by atoms with E-state index in [0.717, 1.165) is 17.6 Å². The lowest BCUT2D eigenvalue weighted by atomic mass is 9.98. The fraction of sp³-hybridized carbons (Fsp3) is 0.211. The first-order chi connectivity index (χ1) is 10.1. The Morgan fingerprint density at radius 2 is 1.76 bits per heavy atom. The van der Waals surface area contributed by atoms with Crippen molar-refractivity contribution in [1.29, 1.82) is 0 Å². The molecule has 0 bridgehead atoms. The van der Waals surface area contributed by atoms with Gasteiger partial charge in [-0.05, 0) is 42.7 Å². The van der Waals surface area contributed by atoms with E-state index in [1.165, 1.54) is 22.1 Å². The smallest absolute Gasteiger partial charge is 0.0705 e. The molecule has 0 radical (unpaired) electrons. The molecule has 3 aromatic rings. The second-order valence-corrected chi connectivity index (χ2v) is 6.56. The fourth-order valence-corrected chi connectivity index (χ4v) is 3.46. The van der Waals surface area contributed by atoms with E-state index in [1.807, 2.05) is 12.1 Å². The number of hydrogen-bond donors (Lipinski definition) is 0. The van der Waals surface area contributed by atoms with Gasteiger partial charge < -0.3 is 0 Å². The van der Waals surface area contributed by atoms with Crippen LogP contribution in [0.25, 0.3) is 10.9 Å². The van der Waals surface area contributed by atoms with Crippen molar-refractivity contribution in [2.24, 2.45) is 0 Å². The van der Waals surface area contributed by atoms with E-state index in [1.54, 1.807) is 0 Å². The Balaban J connectivity index is 1.89.